The van der Waals surface area contributed by atoms with Crippen LogP contribution in [-0.4, -0.2) is 20.6 Å². The monoisotopic (exact) mass is 274 g/mol. The van der Waals surface area contributed by atoms with Gasteiger partial charge in [-0.25, -0.2) is 4.79 Å². The fourth-order valence-corrected chi connectivity index (χ4v) is 2.31. The van der Waals surface area contributed by atoms with E-state index in [9.17, 15) is 14.4 Å². The molecule has 1 aliphatic rings. The van der Waals surface area contributed by atoms with E-state index < -0.39 is 17.1 Å². The molecule has 0 spiro atoms. The summed E-state index contributed by atoms with van der Waals surface area (Å²) in [6.07, 6.45) is 2.01. The van der Waals surface area contributed by atoms with E-state index in [1.807, 2.05) is 6.92 Å². The molecule has 20 heavy (non-hydrogen) atoms. The zero-order valence-corrected chi connectivity index (χ0v) is 11.0. The van der Waals surface area contributed by atoms with Crippen molar-refractivity contribution in [1.29, 1.82) is 0 Å². The average Bonchev–Trinajstić information content (AvgIpc) is 3.12. The number of carboxylic acids is 1. The predicted octanol–water partition coefficient (Wildman–Crippen LogP) is 1.19. The minimum absolute atomic E-state index is 0.0315. The lowest BCUT2D eigenvalue weighted by Crippen LogP contribution is -2.37. The largest absolute Gasteiger partial charge is 0.478 e. The van der Waals surface area contributed by atoms with E-state index >= 15 is 0 Å². The van der Waals surface area contributed by atoms with Gasteiger partial charge in [0.05, 0.1) is 16.6 Å². The first-order chi connectivity index (χ1) is 9.39. The third-order valence-electron chi connectivity index (χ3n) is 3.87. The van der Waals surface area contributed by atoms with Crippen molar-refractivity contribution in [2.45, 2.75) is 26.3 Å². The third-order valence-corrected chi connectivity index (χ3v) is 3.87. The minimum Gasteiger partial charge on any atom is -0.478 e. The maximum Gasteiger partial charge on any atom is 0.335 e. The van der Waals surface area contributed by atoms with Gasteiger partial charge in [-0.15, -0.1) is 0 Å². The van der Waals surface area contributed by atoms with Crippen LogP contribution in [-0.2, 0) is 6.54 Å². The standard InChI is InChI=1S/C14H14N2O4/c1-14(4-5-14)7-16-10-6-8(13(19)20)2-3-9(10)15-11(17)12(16)18/h2-3,6H,4-5,7H2,1H3,(H,15,17)(H,19,20). The van der Waals surface area contributed by atoms with Crippen molar-refractivity contribution in [3.8, 4) is 0 Å². The lowest BCUT2D eigenvalue weighted by Gasteiger charge is -2.14. The number of H-pyrrole nitrogens is 1. The number of rotatable bonds is 3. The van der Waals surface area contributed by atoms with Crippen LogP contribution in [0.25, 0.3) is 11.0 Å². The Labute approximate surface area is 113 Å². The molecule has 2 N–H and O–H groups in total. The van der Waals surface area contributed by atoms with E-state index in [4.69, 9.17) is 5.11 Å². The number of hydrogen-bond donors (Lipinski definition) is 2. The molecule has 0 radical (unpaired) electrons. The van der Waals surface area contributed by atoms with Crippen LogP contribution in [0, 0.1) is 5.41 Å². The van der Waals surface area contributed by atoms with Crippen molar-refractivity contribution < 1.29 is 9.90 Å². The maximum absolute atomic E-state index is 12.0. The Hall–Kier alpha value is -2.37. The van der Waals surface area contributed by atoms with Gasteiger partial charge in [0.15, 0.2) is 0 Å². The maximum atomic E-state index is 12.0. The van der Waals surface area contributed by atoms with Gasteiger partial charge in [-0.3, -0.25) is 9.59 Å². The fourth-order valence-electron chi connectivity index (χ4n) is 2.31. The van der Waals surface area contributed by atoms with Crippen LogP contribution in [0.2, 0.25) is 0 Å². The van der Waals surface area contributed by atoms with Crippen LogP contribution in [0.4, 0.5) is 0 Å². The second-order valence-electron chi connectivity index (χ2n) is 5.69. The zero-order chi connectivity index (χ0) is 14.5. The Morgan fingerprint density at radius 2 is 2.10 bits per heavy atom. The molecule has 0 saturated heterocycles. The molecular weight excluding hydrogens is 260 g/mol. The molecule has 0 amide bonds. The highest BCUT2D eigenvalue weighted by Crippen LogP contribution is 2.46. The van der Waals surface area contributed by atoms with Crippen molar-refractivity contribution in [2.24, 2.45) is 5.41 Å². The van der Waals surface area contributed by atoms with Crippen LogP contribution < -0.4 is 11.1 Å². The first-order valence-electron chi connectivity index (χ1n) is 6.40. The molecule has 1 heterocycles. The third kappa shape index (κ3) is 2.03. The molecule has 6 nitrogen and oxygen atoms in total. The van der Waals surface area contributed by atoms with Crippen LogP contribution in [0.15, 0.2) is 27.8 Å². The summed E-state index contributed by atoms with van der Waals surface area (Å²) in [6.45, 7) is 2.49. The molecule has 0 atom stereocenters. The second kappa shape index (κ2) is 4.06. The number of nitrogens with zero attached hydrogens (tertiary/aromatic N) is 1. The number of aromatic amines is 1. The Bertz CT molecular complexity index is 827. The van der Waals surface area contributed by atoms with Crippen molar-refractivity contribution >= 4 is 17.0 Å². The van der Waals surface area contributed by atoms with Crippen LogP contribution in [0.3, 0.4) is 0 Å². The summed E-state index contributed by atoms with van der Waals surface area (Å²) in [5, 5.41) is 9.04. The molecule has 3 rings (SSSR count). The van der Waals surface area contributed by atoms with Crippen molar-refractivity contribution in [3.05, 3.63) is 44.5 Å². The number of aromatic carboxylic acids is 1. The average molecular weight is 274 g/mol. The summed E-state index contributed by atoms with van der Waals surface area (Å²) in [7, 11) is 0. The van der Waals surface area contributed by atoms with Gasteiger partial charge in [0, 0.05) is 6.54 Å². The Morgan fingerprint density at radius 1 is 1.40 bits per heavy atom. The van der Waals surface area contributed by atoms with E-state index in [1.54, 1.807) is 0 Å². The molecule has 0 unspecified atom stereocenters. The number of fused-ring (bicyclic) bond motifs is 1. The van der Waals surface area contributed by atoms with E-state index in [0.29, 0.717) is 17.6 Å². The van der Waals surface area contributed by atoms with Gasteiger partial charge in [-0.05, 0) is 36.5 Å². The molecule has 1 aromatic heterocycles. The molecular formula is C14H14N2O4. The minimum atomic E-state index is -1.06. The normalized spacial score (nSPS) is 16.2. The van der Waals surface area contributed by atoms with Gasteiger partial charge < -0.3 is 14.7 Å². The van der Waals surface area contributed by atoms with Crippen LogP contribution in [0.5, 0.6) is 0 Å². The first kappa shape index (κ1) is 12.7. The summed E-state index contributed by atoms with van der Waals surface area (Å²) in [6, 6.07) is 4.36. The number of nitrogens with one attached hydrogen (secondary N) is 1. The Balaban J connectivity index is 2.30. The summed E-state index contributed by atoms with van der Waals surface area (Å²) >= 11 is 0. The number of carbonyl (C=O) groups is 1. The van der Waals surface area contributed by atoms with Gasteiger partial charge >= 0.3 is 17.1 Å². The highest BCUT2D eigenvalue weighted by Gasteiger charge is 2.38. The Kier molecular flexibility index (Phi) is 2.57. The van der Waals surface area contributed by atoms with Crippen molar-refractivity contribution in [2.75, 3.05) is 0 Å². The van der Waals surface area contributed by atoms with Gasteiger partial charge in [0.25, 0.3) is 0 Å². The lowest BCUT2D eigenvalue weighted by molar-refractivity contribution is 0.0697. The van der Waals surface area contributed by atoms with Crippen LogP contribution >= 0.6 is 0 Å². The molecule has 2 aromatic rings. The predicted molar refractivity (Wildman–Crippen MR) is 73.1 cm³/mol. The van der Waals surface area contributed by atoms with E-state index in [-0.39, 0.29) is 11.0 Å². The number of aromatic nitrogens is 2. The van der Waals surface area contributed by atoms with Crippen molar-refractivity contribution in [3.63, 3.8) is 0 Å². The highest BCUT2D eigenvalue weighted by atomic mass is 16.4. The summed E-state index contributed by atoms with van der Waals surface area (Å²) in [5.41, 5.74) is -0.243. The molecule has 1 aliphatic carbocycles. The van der Waals surface area contributed by atoms with E-state index in [1.165, 1.54) is 22.8 Å². The lowest BCUT2D eigenvalue weighted by atomic mass is 10.1. The summed E-state index contributed by atoms with van der Waals surface area (Å²) in [5.74, 6) is -1.06. The van der Waals surface area contributed by atoms with Gasteiger partial charge in [-0.2, -0.15) is 0 Å². The number of hydrogen-bond acceptors (Lipinski definition) is 3. The quantitative estimate of drug-likeness (QED) is 0.822. The number of carboxylic acid groups (broad SMARTS) is 1. The summed E-state index contributed by atoms with van der Waals surface area (Å²) in [4.78, 5) is 37.2. The molecule has 6 heteroatoms. The van der Waals surface area contributed by atoms with Gasteiger partial charge in [0.2, 0.25) is 0 Å². The first-order valence-corrected chi connectivity index (χ1v) is 6.40. The summed E-state index contributed by atoms with van der Waals surface area (Å²) < 4.78 is 1.40. The highest BCUT2D eigenvalue weighted by molar-refractivity contribution is 5.92. The molecule has 1 saturated carbocycles. The molecule has 104 valence electrons. The molecule has 1 aromatic carbocycles. The molecule has 0 aliphatic heterocycles. The Morgan fingerprint density at radius 3 is 2.70 bits per heavy atom. The molecule has 1 fully saturated rings. The van der Waals surface area contributed by atoms with Crippen molar-refractivity contribution in [1.82, 2.24) is 9.55 Å². The van der Waals surface area contributed by atoms with Crippen LogP contribution in [0.1, 0.15) is 30.1 Å². The smallest absolute Gasteiger partial charge is 0.335 e. The van der Waals surface area contributed by atoms with E-state index in [0.717, 1.165) is 12.8 Å². The number of benzene rings is 1. The SMILES string of the molecule is CC1(Cn2c(=O)c(=O)[nH]c3ccc(C(=O)O)cc32)CC1. The second-order valence-corrected chi connectivity index (χ2v) is 5.69. The van der Waals surface area contributed by atoms with Gasteiger partial charge in [-0.1, -0.05) is 6.92 Å². The zero-order valence-electron chi connectivity index (χ0n) is 11.0. The van der Waals surface area contributed by atoms with Gasteiger partial charge in [0.1, 0.15) is 0 Å². The molecule has 0 bridgehead atoms. The topological polar surface area (TPSA) is 92.2 Å². The fraction of sp³-hybridized carbons (Fsp3) is 0.357. The van der Waals surface area contributed by atoms with E-state index in [2.05, 4.69) is 4.98 Å².